The van der Waals surface area contributed by atoms with Crippen molar-refractivity contribution in [2.75, 3.05) is 0 Å². The van der Waals surface area contributed by atoms with E-state index in [1.807, 2.05) is 24.3 Å². The van der Waals surface area contributed by atoms with Gasteiger partial charge in [-0.15, -0.1) is 0 Å². The summed E-state index contributed by atoms with van der Waals surface area (Å²) < 4.78 is 6.62. The second kappa shape index (κ2) is 4.49. The minimum absolute atomic E-state index is 0.0527. The standard InChI is InChI=1S/C11H11IO3/c12-8-3-1-7(2-4-8)9-5-6-10(15-9)11(13)14/h1-4,9-10H,5-6H2,(H,13,14). The molecule has 2 rings (SSSR count). The number of ether oxygens (including phenoxy) is 1. The second-order valence-electron chi connectivity index (χ2n) is 3.58. The molecule has 0 radical (unpaired) electrons. The third-order valence-electron chi connectivity index (χ3n) is 2.54. The first kappa shape index (κ1) is 10.9. The molecular formula is C11H11IO3. The summed E-state index contributed by atoms with van der Waals surface area (Å²) in [6.45, 7) is 0. The van der Waals surface area contributed by atoms with E-state index in [4.69, 9.17) is 9.84 Å². The molecule has 4 heteroatoms. The zero-order valence-corrected chi connectivity index (χ0v) is 10.2. The molecule has 15 heavy (non-hydrogen) atoms. The van der Waals surface area contributed by atoms with Crippen LogP contribution in [0.15, 0.2) is 24.3 Å². The normalized spacial score (nSPS) is 25.4. The van der Waals surface area contributed by atoms with Crippen LogP contribution in [-0.4, -0.2) is 17.2 Å². The van der Waals surface area contributed by atoms with Gasteiger partial charge in [0.05, 0.1) is 6.10 Å². The maximum absolute atomic E-state index is 10.7. The van der Waals surface area contributed by atoms with Gasteiger partial charge in [0.25, 0.3) is 0 Å². The van der Waals surface area contributed by atoms with Crippen LogP contribution < -0.4 is 0 Å². The number of carbonyl (C=O) groups is 1. The van der Waals surface area contributed by atoms with E-state index in [2.05, 4.69) is 22.6 Å². The molecule has 0 bridgehead atoms. The minimum Gasteiger partial charge on any atom is -0.479 e. The number of carboxylic acids is 1. The molecule has 0 aromatic heterocycles. The Kier molecular flexibility index (Phi) is 3.25. The van der Waals surface area contributed by atoms with Gasteiger partial charge in [-0.3, -0.25) is 0 Å². The lowest BCUT2D eigenvalue weighted by Crippen LogP contribution is -2.18. The van der Waals surface area contributed by atoms with Gasteiger partial charge in [-0.2, -0.15) is 0 Å². The molecule has 1 aromatic rings. The maximum Gasteiger partial charge on any atom is 0.332 e. The number of halogens is 1. The first-order valence-electron chi connectivity index (χ1n) is 4.80. The molecule has 1 aromatic carbocycles. The summed E-state index contributed by atoms with van der Waals surface area (Å²) in [5, 5.41) is 8.80. The van der Waals surface area contributed by atoms with Gasteiger partial charge in [0.15, 0.2) is 6.10 Å². The predicted octanol–water partition coefficient (Wildman–Crippen LogP) is 2.60. The first-order chi connectivity index (χ1) is 7.16. The van der Waals surface area contributed by atoms with Gasteiger partial charge in [-0.1, -0.05) is 12.1 Å². The summed E-state index contributed by atoms with van der Waals surface area (Å²) in [6.07, 6.45) is 0.709. The summed E-state index contributed by atoms with van der Waals surface area (Å²) in [5.74, 6) is -0.858. The van der Waals surface area contributed by atoms with Crippen molar-refractivity contribution in [1.82, 2.24) is 0 Å². The number of rotatable bonds is 2. The molecule has 2 unspecified atom stereocenters. The quantitative estimate of drug-likeness (QED) is 0.853. The summed E-state index contributed by atoms with van der Waals surface area (Å²) in [4.78, 5) is 10.7. The Bertz CT molecular complexity index is 361. The van der Waals surface area contributed by atoms with Crippen molar-refractivity contribution in [3.05, 3.63) is 33.4 Å². The zero-order valence-electron chi connectivity index (χ0n) is 8.02. The van der Waals surface area contributed by atoms with E-state index >= 15 is 0 Å². The van der Waals surface area contributed by atoms with Gasteiger partial charge in [0.1, 0.15) is 0 Å². The first-order valence-corrected chi connectivity index (χ1v) is 5.88. The fourth-order valence-corrected chi connectivity index (χ4v) is 2.10. The minimum atomic E-state index is -0.858. The Balaban J connectivity index is 2.07. The van der Waals surface area contributed by atoms with E-state index in [-0.39, 0.29) is 6.10 Å². The monoisotopic (exact) mass is 318 g/mol. The average Bonchev–Trinajstić information content (AvgIpc) is 2.68. The fraction of sp³-hybridized carbons (Fsp3) is 0.364. The number of hydrogen-bond acceptors (Lipinski definition) is 2. The van der Waals surface area contributed by atoms with E-state index in [0.29, 0.717) is 6.42 Å². The van der Waals surface area contributed by atoms with Crippen LogP contribution >= 0.6 is 22.6 Å². The third-order valence-corrected chi connectivity index (χ3v) is 3.26. The Morgan fingerprint density at radius 3 is 2.53 bits per heavy atom. The van der Waals surface area contributed by atoms with Gasteiger partial charge in [0, 0.05) is 3.57 Å². The number of hydrogen-bond donors (Lipinski definition) is 1. The molecule has 0 aliphatic carbocycles. The molecule has 3 nitrogen and oxygen atoms in total. The van der Waals surface area contributed by atoms with Gasteiger partial charge < -0.3 is 9.84 Å². The van der Waals surface area contributed by atoms with Crippen LogP contribution in [0.25, 0.3) is 0 Å². The van der Waals surface area contributed by atoms with Crippen LogP contribution in [0, 0.1) is 3.57 Å². The van der Waals surface area contributed by atoms with Crippen molar-refractivity contribution < 1.29 is 14.6 Å². The highest BCUT2D eigenvalue weighted by molar-refractivity contribution is 14.1. The molecule has 2 atom stereocenters. The number of benzene rings is 1. The molecular weight excluding hydrogens is 307 g/mol. The van der Waals surface area contributed by atoms with Crippen molar-refractivity contribution in [1.29, 1.82) is 0 Å². The molecule has 1 saturated heterocycles. The van der Waals surface area contributed by atoms with E-state index in [9.17, 15) is 4.79 Å². The summed E-state index contributed by atoms with van der Waals surface area (Å²) in [5.41, 5.74) is 1.07. The van der Waals surface area contributed by atoms with Crippen LogP contribution in [0.1, 0.15) is 24.5 Å². The Labute approximate surface area is 102 Å². The highest BCUT2D eigenvalue weighted by Crippen LogP contribution is 2.32. The van der Waals surface area contributed by atoms with Crippen LogP contribution in [0.3, 0.4) is 0 Å². The van der Waals surface area contributed by atoms with Gasteiger partial charge in [-0.25, -0.2) is 4.79 Å². The van der Waals surface area contributed by atoms with Crippen molar-refractivity contribution in [2.24, 2.45) is 0 Å². The molecule has 1 aliphatic heterocycles. The van der Waals surface area contributed by atoms with Crippen molar-refractivity contribution in [2.45, 2.75) is 25.0 Å². The zero-order chi connectivity index (χ0) is 10.8. The molecule has 0 amide bonds. The SMILES string of the molecule is O=C(O)C1CCC(c2ccc(I)cc2)O1. The second-order valence-corrected chi connectivity index (χ2v) is 4.83. The van der Waals surface area contributed by atoms with Crippen LogP contribution in [0.5, 0.6) is 0 Å². The summed E-state index contributed by atoms with van der Waals surface area (Å²) >= 11 is 2.24. The topological polar surface area (TPSA) is 46.5 Å². The molecule has 1 heterocycles. The fourth-order valence-electron chi connectivity index (χ4n) is 1.74. The Morgan fingerprint density at radius 1 is 1.33 bits per heavy atom. The maximum atomic E-state index is 10.7. The summed E-state index contributed by atoms with van der Waals surface area (Å²) in [7, 11) is 0. The van der Waals surface area contributed by atoms with Gasteiger partial charge in [0.2, 0.25) is 0 Å². The molecule has 80 valence electrons. The highest BCUT2D eigenvalue weighted by atomic mass is 127. The van der Waals surface area contributed by atoms with E-state index < -0.39 is 12.1 Å². The van der Waals surface area contributed by atoms with Crippen LogP contribution in [-0.2, 0) is 9.53 Å². The summed E-state index contributed by atoms with van der Waals surface area (Å²) in [6, 6.07) is 8.01. The lowest BCUT2D eigenvalue weighted by atomic mass is 10.1. The van der Waals surface area contributed by atoms with Crippen molar-refractivity contribution in [3.63, 3.8) is 0 Å². The Hall–Kier alpha value is -0.620. The third kappa shape index (κ3) is 2.49. The molecule has 1 fully saturated rings. The Morgan fingerprint density at radius 2 is 2.00 bits per heavy atom. The average molecular weight is 318 g/mol. The van der Waals surface area contributed by atoms with E-state index in [0.717, 1.165) is 12.0 Å². The van der Waals surface area contributed by atoms with Crippen LogP contribution in [0.2, 0.25) is 0 Å². The molecule has 1 N–H and O–H groups in total. The number of aliphatic carboxylic acids is 1. The van der Waals surface area contributed by atoms with E-state index in [1.165, 1.54) is 3.57 Å². The molecule has 0 spiro atoms. The van der Waals surface area contributed by atoms with Gasteiger partial charge >= 0.3 is 5.97 Å². The van der Waals surface area contributed by atoms with Crippen LogP contribution in [0.4, 0.5) is 0 Å². The van der Waals surface area contributed by atoms with E-state index in [1.54, 1.807) is 0 Å². The van der Waals surface area contributed by atoms with Crippen molar-refractivity contribution in [3.8, 4) is 0 Å². The predicted molar refractivity (Wildman–Crippen MR) is 63.6 cm³/mol. The molecule has 0 saturated carbocycles. The smallest absolute Gasteiger partial charge is 0.332 e. The largest absolute Gasteiger partial charge is 0.479 e. The number of carboxylic acid groups (broad SMARTS) is 1. The lowest BCUT2D eigenvalue weighted by Gasteiger charge is -2.11. The lowest BCUT2D eigenvalue weighted by molar-refractivity contribution is -0.149. The van der Waals surface area contributed by atoms with Gasteiger partial charge in [-0.05, 0) is 53.1 Å². The van der Waals surface area contributed by atoms with Crippen molar-refractivity contribution >= 4 is 28.6 Å². The molecule has 1 aliphatic rings. The highest BCUT2D eigenvalue weighted by Gasteiger charge is 2.31.